The molecule has 0 fully saturated rings. The Bertz CT molecular complexity index is 446. The van der Waals surface area contributed by atoms with Crippen LogP contribution in [0, 0.1) is 0 Å². The smallest absolute Gasteiger partial charge is 0.330 e. The summed E-state index contributed by atoms with van der Waals surface area (Å²) in [5.74, 6) is 0.194. The third-order valence-electron chi connectivity index (χ3n) is 2.22. The molecular weight excluding hydrogens is 196 g/mol. The van der Waals surface area contributed by atoms with Gasteiger partial charge in [0.2, 0.25) is 0 Å². The van der Waals surface area contributed by atoms with Gasteiger partial charge < -0.3 is 11.1 Å². The first-order chi connectivity index (χ1) is 7.11. The first kappa shape index (κ1) is 11.4. The molecule has 1 aromatic rings. The fourth-order valence-electron chi connectivity index (χ4n) is 1.37. The number of hydrogen-bond acceptors (Lipinski definition) is 4. The predicted molar refractivity (Wildman–Crippen MR) is 60.2 cm³/mol. The highest BCUT2D eigenvalue weighted by Crippen LogP contribution is 2.09. The number of nitrogens with two attached hydrogens (primary N) is 1. The molecule has 0 aromatic carbocycles. The fraction of sp³-hybridized carbons (Fsp3) is 0.556. The molecular formula is C9H16N4O2. The number of anilines is 2. The number of unbranched alkanes of at least 4 members (excludes halogenated alkanes) is 1. The van der Waals surface area contributed by atoms with E-state index in [0.717, 1.165) is 12.8 Å². The van der Waals surface area contributed by atoms with Crippen LogP contribution in [-0.4, -0.2) is 16.6 Å². The number of rotatable bonds is 4. The summed E-state index contributed by atoms with van der Waals surface area (Å²) < 4.78 is 1.37. The molecule has 0 aliphatic heterocycles. The molecule has 0 saturated carbocycles. The van der Waals surface area contributed by atoms with E-state index in [-0.39, 0.29) is 11.5 Å². The van der Waals surface area contributed by atoms with Gasteiger partial charge in [0.05, 0.1) is 0 Å². The molecule has 1 rings (SSSR count). The van der Waals surface area contributed by atoms with E-state index >= 15 is 0 Å². The van der Waals surface area contributed by atoms with Crippen LogP contribution in [0.1, 0.15) is 19.8 Å². The highest BCUT2D eigenvalue weighted by molar-refractivity contribution is 5.59. The van der Waals surface area contributed by atoms with E-state index in [2.05, 4.69) is 10.3 Å². The average molecular weight is 212 g/mol. The Labute approximate surface area is 87.1 Å². The molecule has 6 nitrogen and oxygen atoms in total. The second kappa shape index (κ2) is 4.68. The van der Waals surface area contributed by atoms with Crippen LogP contribution in [0.2, 0.25) is 0 Å². The highest BCUT2D eigenvalue weighted by Gasteiger charge is 2.09. The van der Waals surface area contributed by atoms with Crippen LogP contribution in [0.4, 0.5) is 11.5 Å². The lowest BCUT2D eigenvalue weighted by atomic mass is 10.3. The van der Waals surface area contributed by atoms with Crippen molar-refractivity contribution < 1.29 is 0 Å². The van der Waals surface area contributed by atoms with Crippen molar-refractivity contribution >= 4 is 11.5 Å². The molecule has 84 valence electrons. The van der Waals surface area contributed by atoms with Crippen LogP contribution in [0.15, 0.2) is 9.59 Å². The second-order valence-corrected chi connectivity index (χ2v) is 3.27. The minimum absolute atomic E-state index is 0.194. The van der Waals surface area contributed by atoms with Gasteiger partial charge in [-0.05, 0) is 6.42 Å². The van der Waals surface area contributed by atoms with Crippen molar-refractivity contribution in [2.45, 2.75) is 26.3 Å². The molecule has 0 atom stereocenters. The predicted octanol–water partition coefficient (Wildman–Crippen LogP) is -0.0394. The first-order valence-electron chi connectivity index (χ1n) is 4.92. The number of H-pyrrole nitrogens is 1. The van der Waals surface area contributed by atoms with Crippen molar-refractivity contribution in [2.75, 3.05) is 18.1 Å². The molecule has 1 aromatic heterocycles. The van der Waals surface area contributed by atoms with Crippen LogP contribution in [0.25, 0.3) is 0 Å². The van der Waals surface area contributed by atoms with Crippen molar-refractivity contribution in [2.24, 2.45) is 0 Å². The van der Waals surface area contributed by atoms with Gasteiger partial charge in [-0.2, -0.15) is 0 Å². The Balaban J connectivity index is 3.26. The molecule has 0 aliphatic rings. The highest BCUT2D eigenvalue weighted by atomic mass is 16.2. The van der Waals surface area contributed by atoms with Crippen LogP contribution >= 0.6 is 0 Å². The number of aromatic amines is 1. The lowest BCUT2D eigenvalue weighted by Gasteiger charge is -2.11. The van der Waals surface area contributed by atoms with Crippen molar-refractivity contribution in [3.05, 3.63) is 20.8 Å². The summed E-state index contributed by atoms with van der Waals surface area (Å²) in [5.41, 5.74) is 5.03. The van der Waals surface area contributed by atoms with E-state index in [1.54, 1.807) is 7.05 Å². The van der Waals surface area contributed by atoms with E-state index in [0.29, 0.717) is 6.54 Å². The lowest BCUT2D eigenvalue weighted by molar-refractivity contribution is 0.606. The van der Waals surface area contributed by atoms with E-state index in [1.165, 1.54) is 4.57 Å². The number of hydrogen-bond donors (Lipinski definition) is 3. The minimum atomic E-state index is -0.479. The van der Waals surface area contributed by atoms with Gasteiger partial charge in [0.25, 0.3) is 5.56 Å². The number of nitrogen functional groups attached to an aromatic ring is 1. The molecule has 0 amide bonds. The Morgan fingerprint density at radius 3 is 2.67 bits per heavy atom. The Kier molecular flexibility index (Phi) is 3.54. The summed E-state index contributed by atoms with van der Waals surface area (Å²) in [6.45, 7) is 2.54. The van der Waals surface area contributed by atoms with Gasteiger partial charge in [-0.3, -0.25) is 14.3 Å². The Hall–Kier alpha value is -1.72. The van der Waals surface area contributed by atoms with Crippen LogP contribution < -0.4 is 22.3 Å². The van der Waals surface area contributed by atoms with Gasteiger partial charge in [-0.15, -0.1) is 0 Å². The minimum Gasteiger partial charge on any atom is -0.383 e. The van der Waals surface area contributed by atoms with Crippen molar-refractivity contribution in [3.8, 4) is 0 Å². The largest absolute Gasteiger partial charge is 0.383 e. The molecule has 0 radical (unpaired) electrons. The molecule has 0 spiro atoms. The van der Waals surface area contributed by atoms with Crippen LogP contribution in [0.3, 0.4) is 0 Å². The third kappa shape index (κ3) is 2.20. The zero-order valence-electron chi connectivity index (χ0n) is 8.96. The van der Waals surface area contributed by atoms with Gasteiger partial charge in [-0.25, -0.2) is 4.79 Å². The number of nitrogens with one attached hydrogen (secondary N) is 2. The van der Waals surface area contributed by atoms with Crippen molar-refractivity contribution in [1.82, 2.24) is 9.55 Å². The lowest BCUT2D eigenvalue weighted by Crippen LogP contribution is -2.33. The fourth-order valence-corrected chi connectivity index (χ4v) is 1.37. The molecule has 0 unspecified atom stereocenters. The standard InChI is InChI=1S/C9H16N4O2/c1-3-4-5-13-7(10)6(11-2)8(14)12-9(13)15/h11H,3-5,10H2,1-2H3,(H,12,14,15). The quantitative estimate of drug-likeness (QED) is 0.653. The first-order valence-corrected chi connectivity index (χ1v) is 4.92. The second-order valence-electron chi connectivity index (χ2n) is 3.27. The summed E-state index contributed by atoms with van der Waals surface area (Å²) in [4.78, 5) is 25.0. The summed E-state index contributed by atoms with van der Waals surface area (Å²) in [6, 6.07) is 0. The normalized spacial score (nSPS) is 10.3. The maximum atomic E-state index is 11.4. The van der Waals surface area contributed by atoms with Crippen LogP contribution in [-0.2, 0) is 6.54 Å². The summed E-state index contributed by atoms with van der Waals surface area (Å²) in [7, 11) is 1.59. The van der Waals surface area contributed by atoms with Crippen molar-refractivity contribution in [1.29, 1.82) is 0 Å². The van der Waals surface area contributed by atoms with Gasteiger partial charge in [0.1, 0.15) is 11.5 Å². The summed E-state index contributed by atoms with van der Waals surface area (Å²) in [5, 5.41) is 2.68. The zero-order valence-corrected chi connectivity index (χ0v) is 8.96. The molecule has 0 saturated heterocycles. The van der Waals surface area contributed by atoms with Gasteiger partial charge in [0.15, 0.2) is 0 Å². The van der Waals surface area contributed by atoms with Gasteiger partial charge >= 0.3 is 5.69 Å². The molecule has 0 aliphatic carbocycles. The summed E-state index contributed by atoms with van der Waals surface area (Å²) >= 11 is 0. The summed E-state index contributed by atoms with van der Waals surface area (Å²) in [6.07, 6.45) is 1.80. The van der Waals surface area contributed by atoms with Crippen molar-refractivity contribution in [3.63, 3.8) is 0 Å². The number of aromatic nitrogens is 2. The maximum Gasteiger partial charge on any atom is 0.330 e. The van der Waals surface area contributed by atoms with E-state index in [4.69, 9.17) is 5.73 Å². The number of nitrogens with zero attached hydrogens (tertiary/aromatic N) is 1. The molecule has 15 heavy (non-hydrogen) atoms. The van der Waals surface area contributed by atoms with E-state index < -0.39 is 11.2 Å². The average Bonchev–Trinajstić information content (AvgIpc) is 2.17. The molecule has 6 heteroatoms. The van der Waals surface area contributed by atoms with Gasteiger partial charge in [-0.1, -0.05) is 13.3 Å². The maximum absolute atomic E-state index is 11.4. The Morgan fingerprint density at radius 1 is 1.47 bits per heavy atom. The van der Waals surface area contributed by atoms with Crippen LogP contribution in [0.5, 0.6) is 0 Å². The molecule has 4 N–H and O–H groups in total. The molecule has 1 heterocycles. The monoisotopic (exact) mass is 212 g/mol. The van der Waals surface area contributed by atoms with E-state index in [1.807, 2.05) is 6.92 Å². The zero-order chi connectivity index (χ0) is 11.4. The topological polar surface area (TPSA) is 92.9 Å². The van der Waals surface area contributed by atoms with Gasteiger partial charge in [0, 0.05) is 13.6 Å². The third-order valence-corrected chi connectivity index (χ3v) is 2.22. The SMILES string of the molecule is CCCCn1c(N)c(NC)c(=O)[nH]c1=O. The molecule has 0 bridgehead atoms. The Morgan fingerprint density at radius 2 is 2.13 bits per heavy atom. The van der Waals surface area contributed by atoms with E-state index in [9.17, 15) is 9.59 Å².